The fraction of sp³-hybridized carbons (Fsp3) is 0.364. The van der Waals surface area contributed by atoms with Crippen molar-refractivity contribution in [3.8, 4) is 0 Å². The molecule has 1 aliphatic heterocycles. The molecule has 0 aliphatic carbocycles. The van der Waals surface area contributed by atoms with Crippen molar-refractivity contribution in [3.05, 3.63) is 22.4 Å². The van der Waals surface area contributed by atoms with Crippen LogP contribution in [-0.4, -0.2) is 38.3 Å². The van der Waals surface area contributed by atoms with E-state index in [0.717, 1.165) is 10.4 Å². The zero-order valence-electron chi connectivity index (χ0n) is 10.4. The van der Waals surface area contributed by atoms with Crippen molar-refractivity contribution in [1.29, 1.82) is 0 Å². The Balaban J connectivity index is 2.42. The number of hydrogen-bond donors (Lipinski definition) is 2. The first-order valence-corrected chi connectivity index (χ1v) is 8.07. The summed E-state index contributed by atoms with van der Waals surface area (Å²) in [5, 5.41) is 2.56. The first-order chi connectivity index (χ1) is 9.32. The molecule has 20 heavy (non-hydrogen) atoms. The number of sulfonamides is 1. The Bertz CT molecular complexity index is 651. The average Bonchev–Trinajstić information content (AvgIpc) is 2.58. The molecule has 2 rings (SSSR count). The fourth-order valence-corrected chi connectivity index (χ4v) is 4.07. The first kappa shape index (κ1) is 15.2. The molecule has 1 aliphatic rings. The number of amides is 1. The quantitative estimate of drug-likeness (QED) is 0.753. The predicted octanol–water partition coefficient (Wildman–Crippen LogP) is 0.681. The highest BCUT2D eigenvalue weighted by molar-refractivity contribution is 9.10. The molecule has 1 saturated heterocycles. The lowest BCUT2D eigenvalue weighted by atomic mass is 10.3. The Morgan fingerprint density at radius 1 is 1.35 bits per heavy atom. The standard InChI is InChI=1S/C11H13BrFN3O3S/c12-8-5-7(14)6-9(11(8)13)20(18,19)16-3-1-10(17)15-2-4-16/h5-6H,1-4,14H2,(H,15,17). The van der Waals surface area contributed by atoms with Crippen LogP contribution in [0.1, 0.15) is 6.42 Å². The topological polar surface area (TPSA) is 92.5 Å². The molecule has 0 atom stereocenters. The number of benzene rings is 1. The molecule has 3 N–H and O–H groups in total. The number of hydrogen-bond acceptors (Lipinski definition) is 4. The van der Waals surface area contributed by atoms with Crippen molar-refractivity contribution in [1.82, 2.24) is 9.62 Å². The number of nitrogens with one attached hydrogen (secondary N) is 1. The molecular formula is C11H13BrFN3O3S. The number of carbonyl (C=O) groups is 1. The van der Waals surface area contributed by atoms with Crippen LogP contribution in [0.25, 0.3) is 0 Å². The highest BCUT2D eigenvalue weighted by atomic mass is 79.9. The molecule has 0 unspecified atom stereocenters. The van der Waals surface area contributed by atoms with Crippen molar-refractivity contribution in [2.24, 2.45) is 0 Å². The van der Waals surface area contributed by atoms with Gasteiger partial charge in [0.15, 0.2) is 5.82 Å². The normalized spacial score (nSPS) is 17.6. The van der Waals surface area contributed by atoms with E-state index in [9.17, 15) is 17.6 Å². The van der Waals surface area contributed by atoms with Gasteiger partial charge < -0.3 is 11.1 Å². The van der Waals surface area contributed by atoms with Gasteiger partial charge in [0.2, 0.25) is 15.9 Å². The summed E-state index contributed by atoms with van der Waals surface area (Å²) in [7, 11) is -4.03. The van der Waals surface area contributed by atoms with E-state index in [0.29, 0.717) is 0 Å². The molecule has 0 spiro atoms. The van der Waals surface area contributed by atoms with Crippen LogP contribution in [0, 0.1) is 5.82 Å². The van der Waals surface area contributed by atoms with Gasteiger partial charge >= 0.3 is 0 Å². The van der Waals surface area contributed by atoms with Crippen molar-refractivity contribution in [2.75, 3.05) is 25.4 Å². The second kappa shape index (κ2) is 5.66. The van der Waals surface area contributed by atoms with Crippen LogP contribution in [0.5, 0.6) is 0 Å². The number of nitrogens with zero attached hydrogens (tertiary/aromatic N) is 1. The zero-order chi connectivity index (χ0) is 14.9. The minimum absolute atomic E-state index is 0.0138. The zero-order valence-corrected chi connectivity index (χ0v) is 12.8. The van der Waals surface area contributed by atoms with E-state index >= 15 is 0 Å². The molecule has 1 fully saturated rings. The van der Waals surface area contributed by atoms with Crippen LogP contribution in [0.2, 0.25) is 0 Å². The van der Waals surface area contributed by atoms with Gasteiger partial charge in [-0.25, -0.2) is 12.8 Å². The monoisotopic (exact) mass is 365 g/mol. The molecule has 0 bridgehead atoms. The Morgan fingerprint density at radius 2 is 2.05 bits per heavy atom. The lowest BCUT2D eigenvalue weighted by molar-refractivity contribution is -0.120. The SMILES string of the molecule is Nc1cc(Br)c(F)c(S(=O)(=O)N2CCNC(=O)CC2)c1. The second-order valence-corrected chi connectivity index (χ2v) is 7.08. The molecule has 1 aromatic carbocycles. The number of nitrogen functional groups attached to an aromatic ring is 1. The third-order valence-electron chi connectivity index (χ3n) is 2.91. The molecule has 6 nitrogen and oxygen atoms in total. The molecule has 0 radical (unpaired) electrons. The van der Waals surface area contributed by atoms with Crippen LogP contribution in [0.15, 0.2) is 21.5 Å². The van der Waals surface area contributed by atoms with Crippen molar-refractivity contribution >= 4 is 37.5 Å². The third-order valence-corrected chi connectivity index (χ3v) is 5.38. The minimum Gasteiger partial charge on any atom is -0.399 e. The highest BCUT2D eigenvalue weighted by Gasteiger charge is 2.30. The largest absolute Gasteiger partial charge is 0.399 e. The summed E-state index contributed by atoms with van der Waals surface area (Å²) in [6.45, 7) is 0.309. The highest BCUT2D eigenvalue weighted by Crippen LogP contribution is 2.28. The summed E-state index contributed by atoms with van der Waals surface area (Å²) in [5.74, 6) is -1.11. The summed E-state index contributed by atoms with van der Waals surface area (Å²) in [5.41, 5.74) is 5.70. The second-order valence-electron chi connectivity index (χ2n) is 4.32. The van der Waals surface area contributed by atoms with Crippen molar-refractivity contribution in [2.45, 2.75) is 11.3 Å². The van der Waals surface area contributed by atoms with Gasteiger partial charge in [-0.15, -0.1) is 0 Å². The molecule has 1 aromatic rings. The molecule has 0 aromatic heterocycles. The van der Waals surface area contributed by atoms with E-state index in [1.54, 1.807) is 0 Å². The van der Waals surface area contributed by atoms with Crippen molar-refractivity contribution in [3.63, 3.8) is 0 Å². The fourth-order valence-electron chi connectivity index (χ4n) is 1.90. The van der Waals surface area contributed by atoms with Gasteiger partial charge in [0.05, 0.1) is 4.47 Å². The van der Waals surface area contributed by atoms with Gasteiger partial charge in [0, 0.05) is 31.7 Å². The molecule has 1 heterocycles. The van der Waals surface area contributed by atoms with Gasteiger partial charge in [-0.3, -0.25) is 4.79 Å². The Hall–Kier alpha value is -1.19. The van der Waals surface area contributed by atoms with Gasteiger partial charge in [0.1, 0.15) is 4.90 Å². The van der Waals surface area contributed by atoms with Crippen LogP contribution in [-0.2, 0) is 14.8 Å². The number of nitrogens with two attached hydrogens (primary N) is 1. The summed E-state index contributed by atoms with van der Waals surface area (Å²) in [4.78, 5) is 10.7. The third kappa shape index (κ3) is 2.94. The summed E-state index contributed by atoms with van der Waals surface area (Å²) in [6.07, 6.45) is 0.0460. The maximum absolute atomic E-state index is 14.0. The average molecular weight is 366 g/mol. The number of rotatable bonds is 2. The van der Waals surface area contributed by atoms with Crippen LogP contribution in [0.4, 0.5) is 10.1 Å². The lowest BCUT2D eigenvalue weighted by Gasteiger charge is -2.20. The lowest BCUT2D eigenvalue weighted by Crippen LogP contribution is -2.34. The summed E-state index contributed by atoms with van der Waals surface area (Å²) < 4.78 is 40.0. The first-order valence-electron chi connectivity index (χ1n) is 5.84. The molecule has 110 valence electrons. The molecule has 0 saturated carbocycles. The van der Waals surface area contributed by atoms with Gasteiger partial charge in [0.25, 0.3) is 0 Å². The summed E-state index contributed by atoms with van der Waals surface area (Å²) >= 11 is 2.93. The Labute approximate surface area is 124 Å². The van der Waals surface area contributed by atoms with E-state index in [1.807, 2.05) is 0 Å². The van der Waals surface area contributed by atoms with Crippen LogP contribution >= 0.6 is 15.9 Å². The maximum Gasteiger partial charge on any atom is 0.246 e. The predicted molar refractivity (Wildman–Crippen MR) is 74.9 cm³/mol. The van der Waals surface area contributed by atoms with Crippen molar-refractivity contribution < 1.29 is 17.6 Å². The summed E-state index contributed by atoms with van der Waals surface area (Å²) in [6, 6.07) is 2.37. The van der Waals surface area contributed by atoms with Crippen LogP contribution < -0.4 is 11.1 Å². The van der Waals surface area contributed by atoms with Crippen LogP contribution in [0.3, 0.4) is 0 Å². The van der Waals surface area contributed by atoms with Gasteiger partial charge in [-0.2, -0.15) is 4.31 Å². The molecule has 9 heteroatoms. The van der Waals surface area contributed by atoms with E-state index in [1.165, 1.54) is 6.07 Å². The van der Waals surface area contributed by atoms with Gasteiger partial charge in [-0.05, 0) is 28.1 Å². The Kier molecular flexibility index (Phi) is 4.31. The Morgan fingerprint density at radius 3 is 2.75 bits per heavy atom. The maximum atomic E-state index is 14.0. The molecular weight excluding hydrogens is 353 g/mol. The van der Waals surface area contributed by atoms with E-state index in [4.69, 9.17) is 5.73 Å². The van der Waals surface area contributed by atoms with E-state index < -0.39 is 20.7 Å². The number of halogens is 2. The molecule has 1 amide bonds. The van der Waals surface area contributed by atoms with E-state index in [2.05, 4.69) is 21.2 Å². The minimum atomic E-state index is -4.03. The number of anilines is 1. The van der Waals surface area contributed by atoms with E-state index in [-0.39, 0.29) is 42.1 Å². The van der Waals surface area contributed by atoms with Gasteiger partial charge in [-0.1, -0.05) is 0 Å². The number of carbonyl (C=O) groups excluding carboxylic acids is 1. The smallest absolute Gasteiger partial charge is 0.246 e.